The normalized spacial score (nSPS) is 18.5. The second kappa shape index (κ2) is 6.44. The van der Waals surface area contributed by atoms with Crippen LogP contribution in [0.15, 0.2) is 30.3 Å². The van der Waals surface area contributed by atoms with Crippen LogP contribution in [0.4, 0.5) is 0 Å². The van der Waals surface area contributed by atoms with E-state index in [1.165, 1.54) is 22.7 Å². The van der Waals surface area contributed by atoms with Gasteiger partial charge in [0.2, 0.25) is 0 Å². The van der Waals surface area contributed by atoms with E-state index >= 15 is 0 Å². The fourth-order valence-electron chi connectivity index (χ4n) is 2.76. The smallest absolute Gasteiger partial charge is 0.281 e. The Bertz CT molecular complexity index is 552. The lowest BCUT2D eigenvalue weighted by atomic mass is 10.0. The quantitative estimate of drug-likeness (QED) is 0.868. The number of aliphatic hydroxyl groups is 1. The Morgan fingerprint density at radius 2 is 1.71 bits per heavy atom. The van der Waals surface area contributed by atoms with E-state index in [1.54, 1.807) is 0 Å². The minimum absolute atomic E-state index is 0.155. The minimum atomic E-state index is -3.56. The molecule has 0 atom stereocenters. The Labute approximate surface area is 127 Å². The third-order valence-electron chi connectivity index (χ3n) is 3.99. The van der Waals surface area contributed by atoms with Gasteiger partial charge in [-0.15, -0.1) is 0 Å². The van der Waals surface area contributed by atoms with Crippen molar-refractivity contribution in [3.05, 3.63) is 35.9 Å². The van der Waals surface area contributed by atoms with Gasteiger partial charge >= 0.3 is 0 Å². The minimum Gasteiger partial charge on any atom is -0.389 e. The van der Waals surface area contributed by atoms with Crippen molar-refractivity contribution in [2.45, 2.75) is 37.8 Å². The van der Waals surface area contributed by atoms with Gasteiger partial charge in [-0.3, -0.25) is 0 Å². The summed E-state index contributed by atoms with van der Waals surface area (Å²) in [6.45, 7) is 0.437. The molecule has 1 saturated carbocycles. The van der Waals surface area contributed by atoms with Gasteiger partial charge in [-0.05, 0) is 18.4 Å². The maximum atomic E-state index is 12.5. The van der Waals surface area contributed by atoms with Crippen LogP contribution >= 0.6 is 0 Å². The number of benzene rings is 1. The first-order chi connectivity index (χ1) is 9.83. The first kappa shape index (κ1) is 16.4. The Morgan fingerprint density at radius 1 is 1.14 bits per heavy atom. The molecule has 0 unspecified atom stereocenters. The van der Waals surface area contributed by atoms with E-state index in [0.29, 0.717) is 12.8 Å². The van der Waals surface area contributed by atoms with Gasteiger partial charge in [0.25, 0.3) is 10.2 Å². The molecule has 0 spiro atoms. The van der Waals surface area contributed by atoms with Gasteiger partial charge in [0.05, 0.1) is 5.60 Å². The Hall–Kier alpha value is -0.950. The predicted octanol–water partition coefficient (Wildman–Crippen LogP) is 1.60. The van der Waals surface area contributed by atoms with Crippen molar-refractivity contribution >= 4 is 10.2 Å². The summed E-state index contributed by atoms with van der Waals surface area (Å²) in [5.74, 6) is 0. The highest BCUT2D eigenvalue weighted by Crippen LogP contribution is 2.31. The van der Waals surface area contributed by atoms with Crippen LogP contribution in [0.2, 0.25) is 0 Å². The molecular weight excluding hydrogens is 288 g/mol. The van der Waals surface area contributed by atoms with Crippen LogP contribution in [0, 0.1) is 0 Å². The van der Waals surface area contributed by atoms with Crippen molar-refractivity contribution in [1.29, 1.82) is 0 Å². The molecule has 0 bridgehead atoms. The lowest BCUT2D eigenvalue weighted by molar-refractivity contribution is 0.0269. The molecule has 1 aromatic carbocycles. The van der Waals surface area contributed by atoms with Crippen LogP contribution in [0.5, 0.6) is 0 Å². The summed E-state index contributed by atoms with van der Waals surface area (Å²) < 4.78 is 27.6. The average Bonchev–Trinajstić information content (AvgIpc) is 2.86. The largest absolute Gasteiger partial charge is 0.389 e. The molecule has 1 N–H and O–H groups in total. The maximum absolute atomic E-state index is 12.5. The molecule has 1 aromatic rings. The van der Waals surface area contributed by atoms with Crippen LogP contribution in [0.1, 0.15) is 31.2 Å². The standard InChI is InChI=1S/C15H24N2O3S/c1-16(2)21(19,20)17(12-14-8-4-3-5-9-14)13-15(18)10-6-7-11-15/h3-5,8-9,18H,6-7,10-13H2,1-2H3. The van der Waals surface area contributed by atoms with Crippen LogP contribution in [-0.4, -0.2) is 48.4 Å². The van der Waals surface area contributed by atoms with Crippen molar-refractivity contribution in [3.8, 4) is 0 Å². The number of hydrogen-bond donors (Lipinski definition) is 1. The molecule has 6 heteroatoms. The molecule has 21 heavy (non-hydrogen) atoms. The van der Waals surface area contributed by atoms with E-state index in [2.05, 4.69) is 0 Å². The zero-order valence-electron chi connectivity index (χ0n) is 12.7. The summed E-state index contributed by atoms with van der Waals surface area (Å²) in [7, 11) is -0.516. The van der Waals surface area contributed by atoms with Gasteiger partial charge in [0, 0.05) is 27.2 Å². The van der Waals surface area contributed by atoms with Crippen LogP contribution in [-0.2, 0) is 16.8 Å². The summed E-state index contributed by atoms with van der Waals surface area (Å²) in [5, 5.41) is 10.6. The highest BCUT2D eigenvalue weighted by atomic mass is 32.2. The third kappa shape index (κ3) is 4.03. The maximum Gasteiger partial charge on any atom is 0.281 e. The lowest BCUT2D eigenvalue weighted by Crippen LogP contribution is -2.47. The first-order valence-electron chi connectivity index (χ1n) is 7.27. The van der Waals surface area contributed by atoms with Gasteiger partial charge in [0.15, 0.2) is 0 Å². The molecule has 0 amide bonds. The number of hydrogen-bond acceptors (Lipinski definition) is 3. The van der Waals surface area contributed by atoms with Crippen molar-refractivity contribution in [1.82, 2.24) is 8.61 Å². The molecule has 0 saturated heterocycles. The van der Waals surface area contributed by atoms with Gasteiger partial charge in [0.1, 0.15) is 0 Å². The predicted molar refractivity (Wildman–Crippen MR) is 82.9 cm³/mol. The lowest BCUT2D eigenvalue weighted by Gasteiger charge is -2.32. The third-order valence-corrected chi connectivity index (χ3v) is 5.83. The SMILES string of the molecule is CN(C)S(=O)(=O)N(Cc1ccccc1)CC1(O)CCCC1. The Morgan fingerprint density at radius 3 is 2.24 bits per heavy atom. The average molecular weight is 312 g/mol. The van der Waals surface area contributed by atoms with E-state index in [-0.39, 0.29) is 13.1 Å². The van der Waals surface area contributed by atoms with Gasteiger partial charge in [-0.1, -0.05) is 43.2 Å². The molecule has 118 valence electrons. The second-order valence-corrected chi connectivity index (χ2v) is 8.12. The molecular formula is C15H24N2O3S. The molecule has 0 radical (unpaired) electrons. The summed E-state index contributed by atoms with van der Waals surface area (Å²) in [5.41, 5.74) is 0.0298. The number of nitrogens with zero attached hydrogens (tertiary/aromatic N) is 2. The summed E-state index contributed by atoms with van der Waals surface area (Å²) in [6.07, 6.45) is 3.25. The van der Waals surface area contributed by atoms with Crippen molar-refractivity contribution < 1.29 is 13.5 Å². The fraction of sp³-hybridized carbons (Fsp3) is 0.600. The number of rotatable bonds is 6. The second-order valence-electron chi connectivity index (χ2n) is 5.98. The zero-order chi connectivity index (χ0) is 15.5. The Balaban J connectivity index is 2.22. The summed E-state index contributed by atoms with van der Waals surface area (Å²) in [6, 6.07) is 9.48. The van der Waals surface area contributed by atoms with Crippen LogP contribution in [0.3, 0.4) is 0 Å². The zero-order valence-corrected chi connectivity index (χ0v) is 13.5. The first-order valence-corrected chi connectivity index (χ1v) is 8.67. The molecule has 1 fully saturated rings. The fourth-order valence-corrected chi connectivity index (χ4v) is 3.93. The monoisotopic (exact) mass is 312 g/mol. The van der Waals surface area contributed by atoms with Crippen molar-refractivity contribution in [2.24, 2.45) is 0 Å². The van der Waals surface area contributed by atoms with Crippen LogP contribution in [0.25, 0.3) is 0 Å². The van der Waals surface area contributed by atoms with Crippen molar-refractivity contribution in [2.75, 3.05) is 20.6 Å². The molecule has 1 aliphatic carbocycles. The summed E-state index contributed by atoms with van der Waals surface area (Å²) >= 11 is 0. The molecule has 1 aliphatic rings. The molecule has 0 aliphatic heterocycles. The van der Waals surface area contributed by atoms with Gasteiger partial charge in [-0.25, -0.2) is 0 Å². The van der Waals surface area contributed by atoms with Crippen molar-refractivity contribution in [3.63, 3.8) is 0 Å². The molecule has 2 rings (SSSR count). The van der Waals surface area contributed by atoms with E-state index < -0.39 is 15.8 Å². The Kier molecular flexibility index (Phi) is 5.03. The summed E-state index contributed by atoms with van der Waals surface area (Å²) in [4.78, 5) is 0. The van der Waals surface area contributed by atoms with Crippen LogP contribution < -0.4 is 0 Å². The molecule has 5 nitrogen and oxygen atoms in total. The molecule has 0 heterocycles. The van der Waals surface area contributed by atoms with Gasteiger partial charge in [-0.2, -0.15) is 17.0 Å². The molecule has 0 aromatic heterocycles. The highest BCUT2D eigenvalue weighted by Gasteiger charge is 2.37. The van der Waals surface area contributed by atoms with Gasteiger partial charge < -0.3 is 5.11 Å². The van der Waals surface area contributed by atoms with E-state index in [4.69, 9.17) is 0 Å². The van der Waals surface area contributed by atoms with E-state index in [0.717, 1.165) is 18.4 Å². The highest BCUT2D eigenvalue weighted by molar-refractivity contribution is 7.86. The van der Waals surface area contributed by atoms with E-state index in [9.17, 15) is 13.5 Å². The topological polar surface area (TPSA) is 60.9 Å². The van der Waals surface area contributed by atoms with E-state index in [1.807, 2.05) is 30.3 Å².